The van der Waals surface area contributed by atoms with E-state index >= 15 is 0 Å². The second-order valence-corrected chi connectivity index (χ2v) is 6.57. The highest BCUT2D eigenvalue weighted by Crippen LogP contribution is 2.38. The summed E-state index contributed by atoms with van der Waals surface area (Å²) in [5.74, 6) is -0.361. The summed E-state index contributed by atoms with van der Waals surface area (Å²) >= 11 is 0. The molecule has 4 N–H and O–H groups in total. The predicted octanol–water partition coefficient (Wildman–Crippen LogP) is 1.76. The number of aliphatic carboxylic acids is 1. The van der Waals surface area contributed by atoms with Crippen molar-refractivity contribution < 1.29 is 14.7 Å². The molecule has 0 aliphatic heterocycles. The Labute approximate surface area is 121 Å². The number of nitrogens with two attached hydrogens (primary N) is 1. The first-order chi connectivity index (χ1) is 9.29. The summed E-state index contributed by atoms with van der Waals surface area (Å²) in [6.45, 7) is 6.36. The molecule has 0 heterocycles. The summed E-state index contributed by atoms with van der Waals surface area (Å²) in [6, 6.07) is 0. The molecule has 1 aliphatic rings. The van der Waals surface area contributed by atoms with Gasteiger partial charge >= 0.3 is 5.97 Å². The zero-order valence-corrected chi connectivity index (χ0v) is 12.9. The highest BCUT2D eigenvalue weighted by atomic mass is 16.4. The molecule has 20 heavy (non-hydrogen) atoms. The zero-order valence-electron chi connectivity index (χ0n) is 12.9. The normalized spacial score (nSPS) is 29.5. The Hall–Kier alpha value is -1.10. The topological polar surface area (TPSA) is 92.4 Å². The van der Waals surface area contributed by atoms with Crippen molar-refractivity contribution in [3.8, 4) is 0 Å². The average molecular weight is 284 g/mol. The van der Waals surface area contributed by atoms with Crippen molar-refractivity contribution in [3.63, 3.8) is 0 Å². The van der Waals surface area contributed by atoms with E-state index in [1.165, 1.54) is 0 Å². The molecule has 1 amide bonds. The first-order valence-electron chi connectivity index (χ1n) is 7.51. The van der Waals surface area contributed by atoms with Gasteiger partial charge in [-0.3, -0.25) is 9.59 Å². The van der Waals surface area contributed by atoms with Crippen LogP contribution in [-0.4, -0.2) is 30.1 Å². The second kappa shape index (κ2) is 6.57. The Morgan fingerprint density at radius 2 is 1.95 bits per heavy atom. The lowest BCUT2D eigenvalue weighted by atomic mass is 9.70. The lowest BCUT2D eigenvalue weighted by Crippen LogP contribution is -2.50. The van der Waals surface area contributed by atoms with Gasteiger partial charge in [0.1, 0.15) is 0 Å². The first-order valence-corrected chi connectivity index (χ1v) is 7.51. The van der Waals surface area contributed by atoms with E-state index in [2.05, 4.69) is 12.2 Å². The number of carbonyl (C=O) groups excluding carboxylic acids is 1. The summed E-state index contributed by atoms with van der Waals surface area (Å²) in [4.78, 5) is 23.8. The van der Waals surface area contributed by atoms with Crippen LogP contribution >= 0.6 is 0 Å². The fraction of sp³-hybridized carbons (Fsp3) is 0.867. The fourth-order valence-corrected chi connectivity index (χ4v) is 2.64. The van der Waals surface area contributed by atoms with Crippen LogP contribution in [0.2, 0.25) is 0 Å². The van der Waals surface area contributed by atoms with Crippen molar-refractivity contribution in [1.82, 2.24) is 5.32 Å². The van der Waals surface area contributed by atoms with Crippen molar-refractivity contribution >= 4 is 11.9 Å². The van der Waals surface area contributed by atoms with Gasteiger partial charge < -0.3 is 16.2 Å². The largest absolute Gasteiger partial charge is 0.481 e. The maximum atomic E-state index is 12.2. The number of hydrogen-bond donors (Lipinski definition) is 3. The molecule has 5 nitrogen and oxygen atoms in total. The van der Waals surface area contributed by atoms with Gasteiger partial charge in [0.05, 0.1) is 10.8 Å². The molecule has 0 bridgehead atoms. The molecule has 5 heteroatoms. The van der Waals surface area contributed by atoms with Crippen molar-refractivity contribution in [2.75, 3.05) is 13.1 Å². The summed E-state index contributed by atoms with van der Waals surface area (Å²) in [7, 11) is 0. The Morgan fingerprint density at radius 1 is 1.40 bits per heavy atom. The predicted molar refractivity (Wildman–Crippen MR) is 78.2 cm³/mol. The van der Waals surface area contributed by atoms with E-state index < -0.39 is 16.8 Å². The van der Waals surface area contributed by atoms with E-state index in [9.17, 15) is 14.7 Å². The van der Waals surface area contributed by atoms with Gasteiger partial charge in [-0.05, 0) is 44.9 Å². The van der Waals surface area contributed by atoms with E-state index in [-0.39, 0.29) is 19.0 Å². The summed E-state index contributed by atoms with van der Waals surface area (Å²) in [6.07, 6.45) is 3.73. The van der Waals surface area contributed by atoms with Gasteiger partial charge in [0.2, 0.25) is 5.91 Å². The fourth-order valence-electron chi connectivity index (χ4n) is 2.64. The quantitative estimate of drug-likeness (QED) is 0.693. The molecule has 0 aromatic heterocycles. The minimum atomic E-state index is -0.800. The van der Waals surface area contributed by atoms with Gasteiger partial charge in [-0.15, -0.1) is 0 Å². The second-order valence-electron chi connectivity index (χ2n) is 6.57. The number of amides is 1. The minimum Gasteiger partial charge on any atom is -0.481 e. The van der Waals surface area contributed by atoms with Crippen molar-refractivity contribution in [2.45, 2.75) is 52.9 Å². The van der Waals surface area contributed by atoms with Crippen LogP contribution < -0.4 is 11.1 Å². The van der Waals surface area contributed by atoms with Gasteiger partial charge in [-0.2, -0.15) is 0 Å². The summed E-state index contributed by atoms with van der Waals surface area (Å²) < 4.78 is 0. The van der Waals surface area contributed by atoms with E-state index in [4.69, 9.17) is 5.73 Å². The van der Waals surface area contributed by atoms with E-state index in [1.807, 2.05) is 13.8 Å². The maximum absolute atomic E-state index is 12.2. The molecule has 0 aromatic carbocycles. The molecule has 1 aliphatic carbocycles. The monoisotopic (exact) mass is 284 g/mol. The van der Waals surface area contributed by atoms with Crippen LogP contribution in [0.1, 0.15) is 52.9 Å². The van der Waals surface area contributed by atoms with Crippen molar-refractivity contribution in [1.29, 1.82) is 0 Å². The number of carbonyl (C=O) groups is 2. The SMILES string of the molecule is CCC(C)(CN)C(=O)NCC1(C(=O)O)CCC(C)CC1. The molecule has 1 saturated carbocycles. The van der Waals surface area contributed by atoms with Crippen LogP contribution in [0.25, 0.3) is 0 Å². The van der Waals surface area contributed by atoms with Crippen LogP contribution in [-0.2, 0) is 9.59 Å². The lowest BCUT2D eigenvalue weighted by Gasteiger charge is -2.37. The molecule has 0 spiro atoms. The molecule has 0 saturated heterocycles. The van der Waals surface area contributed by atoms with Crippen LogP contribution in [0, 0.1) is 16.7 Å². The van der Waals surface area contributed by atoms with Gasteiger partial charge in [0, 0.05) is 13.1 Å². The number of nitrogens with one attached hydrogen (secondary N) is 1. The zero-order chi connectivity index (χ0) is 15.4. The van der Waals surface area contributed by atoms with Gasteiger partial charge in [0.15, 0.2) is 0 Å². The van der Waals surface area contributed by atoms with E-state index in [0.717, 1.165) is 12.8 Å². The smallest absolute Gasteiger partial charge is 0.311 e. The average Bonchev–Trinajstić information content (AvgIpc) is 2.45. The maximum Gasteiger partial charge on any atom is 0.311 e. The Kier molecular flexibility index (Phi) is 5.57. The Morgan fingerprint density at radius 3 is 2.35 bits per heavy atom. The number of carboxylic acid groups (broad SMARTS) is 1. The molecular weight excluding hydrogens is 256 g/mol. The van der Waals surface area contributed by atoms with Crippen molar-refractivity contribution in [2.24, 2.45) is 22.5 Å². The molecule has 1 unspecified atom stereocenters. The van der Waals surface area contributed by atoms with Crippen LogP contribution in [0.15, 0.2) is 0 Å². The highest BCUT2D eigenvalue weighted by Gasteiger charge is 2.42. The minimum absolute atomic E-state index is 0.137. The summed E-state index contributed by atoms with van der Waals surface area (Å²) in [5, 5.41) is 12.4. The number of hydrogen-bond acceptors (Lipinski definition) is 3. The molecule has 1 fully saturated rings. The van der Waals surface area contributed by atoms with Crippen LogP contribution in [0.3, 0.4) is 0 Å². The number of rotatable bonds is 6. The lowest BCUT2D eigenvalue weighted by molar-refractivity contribution is -0.151. The first kappa shape index (κ1) is 17.0. The van der Waals surface area contributed by atoms with E-state index in [1.54, 1.807) is 0 Å². The van der Waals surface area contributed by atoms with Crippen LogP contribution in [0.5, 0.6) is 0 Å². The molecule has 1 rings (SSSR count). The third-order valence-corrected chi connectivity index (χ3v) is 5.05. The molecule has 0 aromatic rings. The van der Waals surface area contributed by atoms with Gasteiger partial charge in [0.25, 0.3) is 0 Å². The molecular formula is C15H28N2O3. The van der Waals surface area contributed by atoms with Gasteiger partial charge in [-0.25, -0.2) is 0 Å². The Balaban J connectivity index is 2.69. The molecule has 1 atom stereocenters. The standard InChI is InChI=1S/C15H28N2O3/c1-4-14(3,9-16)12(18)17-10-15(13(19)20)7-5-11(2)6-8-15/h11H,4-10,16H2,1-3H3,(H,17,18)(H,19,20). The highest BCUT2D eigenvalue weighted by molar-refractivity contribution is 5.83. The summed E-state index contributed by atoms with van der Waals surface area (Å²) in [5.41, 5.74) is 4.25. The Bertz CT molecular complexity index is 356. The third-order valence-electron chi connectivity index (χ3n) is 5.05. The number of carboxylic acids is 1. The van der Waals surface area contributed by atoms with Gasteiger partial charge in [-0.1, -0.05) is 13.8 Å². The molecule has 0 radical (unpaired) electrons. The molecule has 116 valence electrons. The van der Waals surface area contributed by atoms with Crippen LogP contribution in [0.4, 0.5) is 0 Å². The van der Waals surface area contributed by atoms with E-state index in [0.29, 0.717) is 25.2 Å². The van der Waals surface area contributed by atoms with Crippen molar-refractivity contribution in [3.05, 3.63) is 0 Å². The third kappa shape index (κ3) is 3.51.